The molecule has 1 saturated heterocycles. The fraction of sp³-hybridized carbons (Fsp3) is 0.115. The summed E-state index contributed by atoms with van der Waals surface area (Å²) in [5.41, 5.74) is 4.26. The van der Waals surface area contributed by atoms with Crippen LogP contribution in [0, 0.1) is 5.82 Å². The maximum absolute atomic E-state index is 13.8. The molecule has 0 spiro atoms. The summed E-state index contributed by atoms with van der Waals surface area (Å²) in [5, 5.41) is 3.63. The van der Waals surface area contributed by atoms with Gasteiger partial charge in [-0.05, 0) is 42.5 Å². The van der Waals surface area contributed by atoms with Crippen molar-refractivity contribution in [3.05, 3.63) is 89.8 Å². The van der Waals surface area contributed by atoms with Crippen LogP contribution in [0.5, 0.6) is 5.75 Å². The van der Waals surface area contributed by atoms with E-state index in [0.717, 1.165) is 5.69 Å². The maximum atomic E-state index is 13.8. The number of halogens is 1. The predicted octanol–water partition coefficient (Wildman–Crippen LogP) is 3.37. The minimum atomic E-state index is -0.561. The van der Waals surface area contributed by atoms with Crippen LogP contribution in [0.1, 0.15) is 5.56 Å². The number of nitrogens with zero attached hydrogens (tertiary/aromatic N) is 2. The lowest BCUT2D eigenvalue weighted by Gasteiger charge is -2.16. The van der Waals surface area contributed by atoms with Crippen LogP contribution in [-0.2, 0) is 14.4 Å². The first kappa shape index (κ1) is 23.5. The molecule has 0 aliphatic carbocycles. The first-order valence-electron chi connectivity index (χ1n) is 10.7. The third-order valence-electron chi connectivity index (χ3n) is 5.23. The quantitative estimate of drug-likeness (QED) is 0.405. The third-order valence-corrected chi connectivity index (χ3v) is 5.23. The van der Waals surface area contributed by atoms with Crippen molar-refractivity contribution in [1.82, 2.24) is 5.43 Å². The van der Waals surface area contributed by atoms with Gasteiger partial charge in [0.15, 0.2) is 6.61 Å². The Morgan fingerprint density at radius 3 is 2.49 bits per heavy atom. The minimum Gasteiger partial charge on any atom is -0.483 e. The Kier molecular flexibility index (Phi) is 6.77. The monoisotopic (exact) mass is 474 g/mol. The van der Waals surface area contributed by atoms with Crippen molar-refractivity contribution in [2.45, 2.75) is 0 Å². The summed E-state index contributed by atoms with van der Waals surface area (Å²) in [6.45, 7) is -0.405. The molecule has 3 aromatic carbocycles. The molecule has 178 valence electrons. The Morgan fingerprint density at radius 1 is 1.06 bits per heavy atom. The summed E-state index contributed by atoms with van der Waals surface area (Å²) in [7, 11) is 3.68. The standard InChI is InChI=1S/C26H23FN4O4/c1-30(2)19-13-12-17(14-20-25(33)29-31(26(20)34)18-8-4-3-5-9-18)23(15-19)35-16-24(32)28-22-11-7-6-10-21(22)27/h3-15H,16H2,1-2H3,(H,28,32)(H,29,33)/b20-14-. The molecule has 1 heterocycles. The van der Waals surface area contributed by atoms with Crippen LogP contribution in [0.25, 0.3) is 6.08 Å². The van der Waals surface area contributed by atoms with Crippen LogP contribution in [0.3, 0.4) is 0 Å². The van der Waals surface area contributed by atoms with Crippen molar-refractivity contribution in [3.8, 4) is 5.75 Å². The number of benzene rings is 3. The van der Waals surface area contributed by atoms with E-state index in [4.69, 9.17) is 4.74 Å². The van der Waals surface area contributed by atoms with Crippen LogP contribution in [0.2, 0.25) is 0 Å². The Balaban J connectivity index is 1.58. The summed E-state index contributed by atoms with van der Waals surface area (Å²) < 4.78 is 19.6. The number of carbonyl (C=O) groups is 3. The number of hydrogen-bond donors (Lipinski definition) is 2. The van der Waals surface area contributed by atoms with E-state index in [1.807, 2.05) is 19.0 Å². The number of hydrazine groups is 1. The van der Waals surface area contributed by atoms with Crippen molar-refractivity contribution in [1.29, 1.82) is 0 Å². The van der Waals surface area contributed by atoms with Crippen molar-refractivity contribution < 1.29 is 23.5 Å². The topological polar surface area (TPSA) is 91.0 Å². The smallest absolute Gasteiger partial charge is 0.282 e. The second kappa shape index (κ2) is 10.1. The maximum Gasteiger partial charge on any atom is 0.282 e. The molecule has 4 rings (SSSR count). The number of anilines is 3. The molecular formula is C26H23FN4O4. The van der Waals surface area contributed by atoms with Gasteiger partial charge < -0.3 is 15.0 Å². The molecule has 0 aromatic heterocycles. The molecule has 1 fully saturated rings. The van der Waals surface area contributed by atoms with Crippen LogP contribution < -0.4 is 25.4 Å². The molecule has 8 nitrogen and oxygen atoms in total. The summed E-state index contributed by atoms with van der Waals surface area (Å²) >= 11 is 0. The van der Waals surface area contributed by atoms with Gasteiger partial charge in [0, 0.05) is 31.4 Å². The van der Waals surface area contributed by atoms with Crippen molar-refractivity contribution in [3.63, 3.8) is 0 Å². The zero-order valence-corrected chi connectivity index (χ0v) is 19.1. The Bertz CT molecular complexity index is 1310. The number of carbonyl (C=O) groups excluding carboxylic acids is 3. The molecule has 1 aliphatic rings. The lowest BCUT2D eigenvalue weighted by molar-refractivity contribution is -0.118. The molecule has 35 heavy (non-hydrogen) atoms. The largest absolute Gasteiger partial charge is 0.483 e. The van der Waals surface area contributed by atoms with Gasteiger partial charge in [0.2, 0.25) is 0 Å². The molecule has 0 bridgehead atoms. The zero-order chi connectivity index (χ0) is 24.9. The highest BCUT2D eigenvalue weighted by Crippen LogP contribution is 2.29. The number of para-hydroxylation sites is 2. The van der Waals surface area contributed by atoms with Gasteiger partial charge in [-0.15, -0.1) is 0 Å². The first-order valence-corrected chi connectivity index (χ1v) is 10.7. The second-order valence-corrected chi connectivity index (χ2v) is 7.91. The lowest BCUT2D eigenvalue weighted by Crippen LogP contribution is -2.35. The molecule has 0 atom stereocenters. The van der Waals surface area contributed by atoms with Gasteiger partial charge in [0.25, 0.3) is 17.7 Å². The Morgan fingerprint density at radius 2 is 1.77 bits per heavy atom. The first-order chi connectivity index (χ1) is 16.8. The van der Waals surface area contributed by atoms with E-state index < -0.39 is 30.1 Å². The number of ether oxygens (including phenoxy) is 1. The highest BCUT2D eigenvalue weighted by Gasteiger charge is 2.34. The Labute approximate surface area is 201 Å². The molecule has 2 N–H and O–H groups in total. The van der Waals surface area contributed by atoms with Gasteiger partial charge in [-0.1, -0.05) is 30.3 Å². The van der Waals surface area contributed by atoms with Gasteiger partial charge in [-0.2, -0.15) is 0 Å². The SMILES string of the molecule is CN(C)c1ccc(/C=C2/C(=O)NN(c3ccccc3)C2=O)c(OCC(=O)Nc2ccccc2F)c1. The van der Waals surface area contributed by atoms with E-state index in [-0.39, 0.29) is 17.0 Å². The minimum absolute atomic E-state index is 0.0414. The van der Waals surface area contributed by atoms with E-state index in [1.165, 1.54) is 29.3 Å². The van der Waals surface area contributed by atoms with Gasteiger partial charge in [-0.3, -0.25) is 19.8 Å². The fourth-order valence-electron chi connectivity index (χ4n) is 3.41. The molecule has 3 amide bonds. The van der Waals surface area contributed by atoms with E-state index in [9.17, 15) is 18.8 Å². The zero-order valence-electron chi connectivity index (χ0n) is 19.1. The predicted molar refractivity (Wildman–Crippen MR) is 131 cm³/mol. The van der Waals surface area contributed by atoms with E-state index >= 15 is 0 Å². The van der Waals surface area contributed by atoms with Crippen molar-refractivity contribution in [2.24, 2.45) is 0 Å². The summed E-state index contributed by atoms with van der Waals surface area (Å²) in [6.07, 6.45) is 1.42. The van der Waals surface area contributed by atoms with Crippen LogP contribution in [0.4, 0.5) is 21.5 Å². The number of rotatable bonds is 7. The third kappa shape index (κ3) is 5.30. The molecular weight excluding hydrogens is 451 g/mol. The highest BCUT2D eigenvalue weighted by molar-refractivity contribution is 6.31. The highest BCUT2D eigenvalue weighted by atomic mass is 19.1. The molecule has 0 radical (unpaired) electrons. The second-order valence-electron chi connectivity index (χ2n) is 7.91. The van der Waals surface area contributed by atoms with E-state index in [2.05, 4.69) is 10.7 Å². The molecule has 0 unspecified atom stereocenters. The van der Waals surface area contributed by atoms with E-state index in [1.54, 1.807) is 54.6 Å². The van der Waals surface area contributed by atoms with Crippen molar-refractivity contribution in [2.75, 3.05) is 35.9 Å². The summed E-state index contributed by atoms with van der Waals surface area (Å²) in [5.74, 6) is -1.91. The van der Waals surface area contributed by atoms with Gasteiger partial charge in [0.05, 0.1) is 11.4 Å². The number of hydrogen-bond acceptors (Lipinski definition) is 5. The number of nitrogens with one attached hydrogen (secondary N) is 2. The van der Waals surface area contributed by atoms with Gasteiger partial charge in [0.1, 0.15) is 17.1 Å². The van der Waals surface area contributed by atoms with E-state index in [0.29, 0.717) is 11.3 Å². The lowest BCUT2D eigenvalue weighted by atomic mass is 10.1. The summed E-state index contributed by atoms with van der Waals surface area (Å²) in [4.78, 5) is 39.7. The number of amides is 3. The van der Waals surface area contributed by atoms with Gasteiger partial charge >= 0.3 is 0 Å². The average molecular weight is 474 g/mol. The fourth-order valence-corrected chi connectivity index (χ4v) is 3.41. The molecule has 3 aromatic rings. The molecule has 0 saturated carbocycles. The summed E-state index contributed by atoms with van der Waals surface area (Å²) in [6, 6.07) is 19.7. The van der Waals surface area contributed by atoms with Crippen LogP contribution >= 0.6 is 0 Å². The van der Waals surface area contributed by atoms with Crippen molar-refractivity contribution >= 4 is 40.9 Å². The van der Waals surface area contributed by atoms with Gasteiger partial charge in [-0.25, -0.2) is 9.40 Å². The Hall–Kier alpha value is -4.66. The molecule has 9 heteroatoms. The van der Waals surface area contributed by atoms with Crippen LogP contribution in [-0.4, -0.2) is 38.4 Å². The van der Waals surface area contributed by atoms with Crippen LogP contribution in [0.15, 0.2) is 78.4 Å². The average Bonchev–Trinajstić information content (AvgIpc) is 3.13. The molecule has 1 aliphatic heterocycles. The normalized spacial score (nSPS) is 14.1.